The molecule has 3 rings (SSSR count). The van der Waals surface area contributed by atoms with Gasteiger partial charge in [0, 0.05) is 30.5 Å². The number of benzene rings is 1. The molecule has 1 aromatic heterocycles. The number of fused-ring (bicyclic) bond motifs is 1. The maximum absolute atomic E-state index is 12.9. The molecule has 2 aromatic rings. The Morgan fingerprint density at radius 3 is 2.86 bits per heavy atom. The van der Waals surface area contributed by atoms with E-state index in [0.717, 1.165) is 22.2 Å². The van der Waals surface area contributed by atoms with Crippen molar-refractivity contribution < 1.29 is 17.1 Å². The Bertz CT molecular complexity index is 851. The fourth-order valence-electron chi connectivity index (χ4n) is 3.00. The number of hydrogen-bond donors (Lipinski definition) is 0. The lowest BCUT2D eigenvalue weighted by Gasteiger charge is -2.21. The van der Waals surface area contributed by atoms with Crippen LogP contribution < -0.4 is 4.90 Å². The lowest BCUT2D eigenvalue weighted by Crippen LogP contribution is -2.26. The SMILES string of the molecule is Cc1ccc2ncccc2c1N1CC(CS(=O)(=O)F)CC1=O. The molecule has 1 unspecified atom stereocenters. The number of carbonyl (C=O) groups excluding carboxylic acids is 1. The van der Waals surface area contributed by atoms with E-state index in [1.165, 1.54) is 0 Å². The van der Waals surface area contributed by atoms with Gasteiger partial charge in [0.1, 0.15) is 0 Å². The number of rotatable bonds is 3. The van der Waals surface area contributed by atoms with E-state index in [9.17, 15) is 17.1 Å². The summed E-state index contributed by atoms with van der Waals surface area (Å²) < 4.78 is 34.5. The van der Waals surface area contributed by atoms with Crippen molar-refractivity contribution in [1.82, 2.24) is 4.98 Å². The minimum Gasteiger partial charge on any atom is -0.311 e. The normalized spacial score (nSPS) is 19.1. The maximum Gasteiger partial charge on any atom is 0.302 e. The number of pyridine rings is 1. The highest BCUT2D eigenvalue weighted by Crippen LogP contribution is 2.34. The minimum atomic E-state index is -4.58. The predicted octanol–water partition coefficient (Wildman–Crippen LogP) is 2.20. The van der Waals surface area contributed by atoms with Crippen LogP contribution in [-0.2, 0) is 15.0 Å². The largest absolute Gasteiger partial charge is 0.311 e. The Hall–Kier alpha value is -2.02. The first-order valence-electron chi connectivity index (χ1n) is 6.92. The molecular weight excluding hydrogens is 307 g/mol. The van der Waals surface area contributed by atoms with E-state index in [2.05, 4.69) is 4.98 Å². The topological polar surface area (TPSA) is 67.3 Å². The summed E-state index contributed by atoms with van der Waals surface area (Å²) in [7, 11) is -4.58. The van der Waals surface area contributed by atoms with E-state index < -0.39 is 21.9 Å². The average molecular weight is 322 g/mol. The molecule has 116 valence electrons. The highest BCUT2D eigenvalue weighted by Gasteiger charge is 2.34. The molecule has 2 heterocycles. The molecule has 1 amide bonds. The van der Waals surface area contributed by atoms with Crippen LogP contribution in [0.15, 0.2) is 30.5 Å². The third-order valence-corrected chi connectivity index (χ3v) is 4.74. The molecule has 1 aliphatic heterocycles. The third-order valence-electron chi connectivity index (χ3n) is 3.87. The van der Waals surface area contributed by atoms with E-state index in [1.807, 2.05) is 25.1 Å². The van der Waals surface area contributed by atoms with Gasteiger partial charge in [-0.05, 0) is 30.7 Å². The summed E-state index contributed by atoms with van der Waals surface area (Å²) in [5.41, 5.74) is 2.39. The highest BCUT2D eigenvalue weighted by atomic mass is 32.3. The van der Waals surface area contributed by atoms with Gasteiger partial charge in [-0.2, -0.15) is 8.42 Å². The molecule has 1 aliphatic rings. The molecule has 5 nitrogen and oxygen atoms in total. The van der Waals surface area contributed by atoms with E-state index >= 15 is 0 Å². The van der Waals surface area contributed by atoms with Crippen molar-refractivity contribution in [2.24, 2.45) is 5.92 Å². The quantitative estimate of drug-likeness (QED) is 0.813. The highest BCUT2D eigenvalue weighted by molar-refractivity contribution is 7.86. The van der Waals surface area contributed by atoms with Gasteiger partial charge in [-0.15, -0.1) is 3.89 Å². The van der Waals surface area contributed by atoms with Crippen LogP contribution in [-0.4, -0.2) is 31.6 Å². The first-order valence-corrected chi connectivity index (χ1v) is 8.47. The van der Waals surface area contributed by atoms with Crippen LogP contribution in [0.25, 0.3) is 10.9 Å². The van der Waals surface area contributed by atoms with Gasteiger partial charge in [0.25, 0.3) is 0 Å². The standard InChI is InChI=1S/C15H15FN2O3S/c1-10-4-5-13-12(3-2-6-17-13)15(10)18-8-11(7-14(18)19)9-22(16,20)21/h2-6,11H,7-9H2,1H3. The molecular formula is C15H15FN2O3S. The Kier molecular flexibility index (Phi) is 3.60. The van der Waals surface area contributed by atoms with Crippen LogP contribution in [0.4, 0.5) is 9.57 Å². The van der Waals surface area contributed by atoms with Crippen LogP contribution >= 0.6 is 0 Å². The summed E-state index contributed by atoms with van der Waals surface area (Å²) >= 11 is 0. The second kappa shape index (κ2) is 5.31. The van der Waals surface area contributed by atoms with Crippen molar-refractivity contribution in [3.05, 3.63) is 36.0 Å². The molecule has 0 N–H and O–H groups in total. The number of hydrogen-bond acceptors (Lipinski definition) is 4. The van der Waals surface area contributed by atoms with E-state index in [1.54, 1.807) is 17.2 Å². The summed E-state index contributed by atoms with van der Waals surface area (Å²) in [6, 6.07) is 7.40. The lowest BCUT2D eigenvalue weighted by molar-refractivity contribution is -0.117. The smallest absolute Gasteiger partial charge is 0.302 e. The number of carbonyl (C=O) groups is 1. The fourth-order valence-corrected chi connectivity index (χ4v) is 3.78. The summed E-state index contributed by atoms with van der Waals surface area (Å²) in [5.74, 6) is -1.32. The Morgan fingerprint density at radius 2 is 2.14 bits per heavy atom. The Morgan fingerprint density at radius 1 is 1.36 bits per heavy atom. The van der Waals surface area contributed by atoms with E-state index in [-0.39, 0.29) is 18.9 Å². The Balaban J connectivity index is 2.01. The van der Waals surface area contributed by atoms with Crippen LogP contribution in [0, 0.1) is 12.8 Å². The first kappa shape index (κ1) is 14.9. The Labute approximate surface area is 128 Å². The van der Waals surface area contributed by atoms with Gasteiger partial charge >= 0.3 is 10.2 Å². The van der Waals surface area contributed by atoms with Crippen molar-refractivity contribution in [2.45, 2.75) is 13.3 Å². The molecule has 1 aromatic carbocycles. The molecule has 0 bridgehead atoms. The predicted molar refractivity (Wildman–Crippen MR) is 81.8 cm³/mol. The van der Waals surface area contributed by atoms with Gasteiger partial charge in [-0.25, -0.2) is 0 Å². The van der Waals surface area contributed by atoms with Gasteiger partial charge in [0.15, 0.2) is 0 Å². The van der Waals surface area contributed by atoms with Gasteiger partial charge in [-0.3, -0.25) is 9.78 Å². The summed E-state index contributed by atoms with van der Waals surface area (Å²) in [5, 5.41) is 0.833. The van der Waals surface area contributed by atoms with Crippen LogP contribution in [0.5, 0.6) is 0 Å². The maximum atomic E-state index is 12.9. The molecule has 1 fully saturated rings. The number of aromatic nitrogens is 1. The molecule has 7 heteroatoms. The van der Waals surface area contributed by atoms with Crippen molar-refractivity contribution in [2.75, 3.05) is 17.2 Å². The molecule has 22 heavy (non-hydrogen) atoms. The number of aryl methyl sites for hydroxylation is 1. The molecule has 0 saturated carbocycles. The monoisotopic (exact) mass is 322 g/mol. The van der Waals surface area contributed by atoms with Crippen molar-refractivity contribution in [3.8, 4) is 0 Å². The number of anilines is 1. The zero-order valence-electron chi connectivity index (χ0n) is 12.0. The van der Waals surface area contributed by atoms with Gasteiger partial charge in [0.2, 0.25) is 5.91 Å². The van der Waals surface area contributed by atoms with Crippen molar-refractivity contribution in [3.63, 3.8) is 0 Å². The minimum absolute atomic E-state index is 0.0409. The van der Waals surface area contributed by atoms with E-state index in [4.69, 9.17) is 0 Å². The number of halogens is 1. The third kappa shape index (κ3) is 2.81. The fraction of sp³-hybridized carbons (Fsp3) is 0.333. The zero-order valence-corrected chi connectivity index (χ0v) is 12.8. The van der Waals surface area contributed by atoms with Gasteiger partial charge < -0.3 is 4.90 Å². The van der Waals surface area contributed by atoms with Crippen LogP contribution in [0.3, 0.4) is 0 Å². The zero-order chi connectivity index (χ0) is 15.9. The van der Waals surface area contributed by atoms with E-state index in [0.29, 0.717) is 0 Å². The molecule has 0 radical (unpaired) electrons. The molecule has 1 atom stereocenters. The van der Waals surface area contributed by atoms with Crippen molar-refractivity contribution >= 4 is 32.7 Å². The average Bonchev–Trinajstić information content (AvgIpc) is 2.77. The summed E-state index contributed by atoms with van der Waals surface area (Å²) in [6.45, 7) is 2.09. The first-order chi connectivity index (χ1) is 10.3. The molecule has 0 spiro atoms. The summed E-state index contributed by atoms with van der Waals surface area (Å²) in [6.07, 6.45) is 1.71. The molecule has 1 saturated heterocycles. The second-order valence-corrected chi connectivity index (χ2v) is 6.99. The van der Waals surface area contributed by atoms with Crippen LogP contribution in [0.2, 0.25) is 0 Å². The van der Waals surface area contributed by atoms with Crippen molar-refractivity contribution in [1.29, 1.82) is 0 Å². The second-order valence-electron chi connectivity index (χ2n) is 5.58. The molecule has 0 aliphatic carbocycles. The van der Waals surface area contributed by atoms with Crippen LogP contribution in [0.1, 0.15) is 12.0 Å². The van der Waals surface area contributed by atoms with Gasteiger partial charge in [0.05, 0.1) is 17.0 Å². The summed E-state index contributed by atoms with van der Waals surface area (Å²) in [4.78, 5) is 18.1. The van der Waals surface area contributed by atoms with Gasteiger partial charge in [-0.1, -0.05) is 6.07 Å². The number of nitrogens with zero attached hydrogens (tertiary/aromatic N) is 2. The lowest BCUT2D eigenvalue weighted by atomic mass is 10.1. The number of amides is 1.